The van der Waals surface area contributed by atoms with Gasteiger partial charge in [0.15, 0.2) is 6.29 Å². The van der Waals surface area contributed by atoms with Crippen LogP contribution in [0.25, 0.3) is 0 Å². The molecule has 6 nitrogen and oxygen atoms in total. The number of methoxy groups -OCH3 is 2. The Morgan fingerprint density at radius 2 is 1.82 bits per heavy atom. The van der Waals surface area contributed by atoms with Gasteiger partial charge in [-0.25, -0.2) is 0 Å². The summed E-state index contributed by atoms with van der Waals surface area (Å²) in [6, 6.07) is 7.49. The van der Waals surface area contributed by atoms with Crippen molar-refractivity contribution < 1.29 is 19.4 Å². The largest absolute Gasteiger partial charge is 0.507 e. The van der Waals surface area contributed by atoms with Gasteiger partial charge in [-0.3, -0.25) is 4.79 Å². The van der Waals surface area contributed by atoms with Gasteiger partial charge in [0.25, 0.3) is 0 Å². The van der Waals surface area contributed by atoms with Gasteiger partial charge in [0.1, 0.15) is 22.9 Å². The fraction of sp³-hybridized carbons (Fsp3) is 0.133. The van der Waals surface area contributed by atoms with Crippen molar-refractivity contribution in [3.8, 4) is 17.2 Å². The van der Waals surface area contributed by atoms with Crippen LogP contribution in [-0.4, -0.2) is 25.6 Å². The summed E-state index contributed by atoms with van der Waals surface area (Å²) in [5.41, 5.74) is 0.970. The number of phenols is 1. The first-order chi connectivity index (χ1) is 10.6. The number of aromatic hydroxyl groups is 1. The van der Waals surface area contributed by atoms with E-state index in [2.05, 4.69) is 10.2 Å². The Bertz CT molecular complexity index is 732. The maximum Gasteiger partial charge on any atom is 0.153 e. The molecule has 2 aromatic rings. The van der Waals surface area contributed by atoms with Crippen molar-refractivity contribution in [1.82, 2.24) is 0 Å². The number of halogens is 1. The highest BCUT2D eigenvalue weighted by molar-refractivity contribution is 6.32. The Labute approximate surface area is 132 Å². The van der Waals surface area contributed by atoms with Gasteiger partial charge in [-0.1, -0.05) is 11.6 Å². The average Bonchev–Trinajstić information content (AvgIpc) is 2.54. The monoisotopic (exact) mass is 320 g/mol. The molecule has 0 bridgehead atoms. The molecular weight excluding hydrogens is 308 g/mol. The van der Waals surface area contributed by atoms with Crippen LogP contribution in [0.5, 0.6) is 17.2 Å². The van der Waals surface area contributed by atoms with Gasteiger partial charge in [-0.05, 0) is 18.2 Å². The summed E-state index contributed by atoms with van der Waals surface area (Å²) < 4.78 is 10.3. The minimum absolute atomic E-state index is 0.111. The van der Waals surface area contributed by atoms with Crippen LogP contribution in [0, 0.1) is 0 Å². The summed E-state index contributed by atoms with van der Waals surface area (Å²) in [5.74, 6) is 0.763. The summed E-state index contributed by atoms with van der Waals surface area (Å²) in [5, 5.41) is 17.9. The lowest BCUT2D eigenvalue weighted by molar-refractivity contribution is 0.112. The minimum Gasteiger partial charge on any atom is -0.507 e. The molecule has 114 valence electrons. The van der Waals surface area contributed by atoms with E-state index in [0.717, 1.165) is 0 Å². The molecule has 0 aliphatic rings. The van der Waals surface area contributed by atoms with E-state index in [9.17, 15) is 9.90 Å². The zero-order chi connectivity index (χ0) is 16.1. The standard InChI is InChI=1S/C15H13ClN2O4/c1-21-14-7-12(15(22-2)6-11(14)16)18-17-10-3-4-13(20)9(5-10)8-19/h3-8,20H,1-2H3. The Kier molecular flexibility index (Phi) is 4.95. The van der Waals surface area contributed by atoms with Crippen molar-refractivity contribution in [2.24, 2.45) is 10.2 Å². The second-order valence-corrected chi connectivity index (χ2v) is 4.63. The van der Waals surface area contributed by atoms with Crippen LogP contribution in [0.15, 0.2) is 40.6 Å². The molecule has 0 amide bonds. The highest BCUT2D eigenvalue weighted by atomic mass is 35.5. The van der Waals surface area contributed by atoms with Crippen molar-refractivity contribution in [2.75, 3.05) is 14.2 Å². The lowest BCUT2D eigenvalue weighted by Gasteiger charge is -2.08. The van der Waals surface area contributed by atoms with Crippen LogP contribution in [0.1, 0.15) is 10.4 Å². The Morgan fingerprint density at radius 3 is 2.45 bits per heavy atom. The lowest BCUT2D eigenvalue weighted by Crippen LogP contribution is -1.88. The van der Waals surface area contributed by atoms with Crippen molar-refractivity contribution in [1.29, 1.82) is 0 Å². The van der Waals surface area contributed by atoms with Crippen LogP contribution < -0.4 is 9.47 Å². The molecule has 1 N–H and O–H groups in total. The van der Waals surface area contributed by atoms with E-state index in [1.54, 1.807) is 12.1 Å². The first-order valence-electron chi connectivity index (χ1n) is 6.20. The number of aldehydes is 1. The number of rotatable bonds is 5. The summed E-state index contributed by atoms with van der Waals surface area (Å²) in [6.07, 6.45) is 0.542. The molecule has 0 radical (unpaired) electrons. The van der Waals surface area contributed by atoms with Gasteiger partial charge in [0.05, 0.1) is 30.5 Å². The SMILES string of the molecule is COc1cc(N=Nc2ccc(O)c(C=O)c2)c(OC)cc1Cl. The summed E-state index contributed by atoms with van der Waals surface area (Å²) in [6.45, 7) is 0. The summed E-state index contributed by atoms with van der Waals surface area (Å²) >= 11 is 6.01. The van der Waals surface area contributed by atoms with Crippen LogP contribution in [0.4, 0.5) is 11.4 Å². The van der Waals surface area contributed by atoms with Gasteiger partial charge < -0.3 is 14.6 Å². The van der Waals surface area contributed by atoms with Crippen molar-refractivity contribution in [3.63, 3.8) is 0 Å². The number of ether oxygens (including phenoxy) is 2. The van der Waals surface area contributed by atoms with E-state index < -0.39 is 0 Å². The number of hydrogen-bond donors (Lipinski definition) is 1. The number of azo groups is 1. The highest BCUT2D eigenvalue weighted by Gasteiger charge is 2.09. The molecular formula is C15H13ClN2O4. The second kappa shape index (κ2) is 6.91. The fourth-order valence-corrected chi connectivity index (χ4v) is 1.96. The van der Waals surface area contributed by atoms with Crippen LogP contribution in [-0.2, 0) is 0 Å². The summed E-state index contributed by atoms with van der Waals surface area (Å²) in [4.78, 5) is 10.8. The predicted molar refractivity (Wildman–Crippen MR) is 82.2 cm³/mol. The number of benzene rings is 2. The maximum absolute atomic E-state index is 10.8. The van der Waals surface area contributed by atoms with Crippen molar-refractivity contribution >= 4 is 29.3 Å². The molecule has 0 aromatic heterocycles. The third-order valence-electron chi connectivity index (χ3n) is 2.86. The lowest BCUT2D eigenvalue weighted by atomic mass is 10.2. The van der Waals surface area contributed by atoms with E-state index in [-0.39, 0.29) is 11.3 Å². The number of carbonyl (C=O) groups is 1. The van der Waals surface area contributed by atoms with Crippen molar-refractivity contribution in [3.05, 3.63) is 40.9 Å². The number of phenolic OH excluding ortho intramolecular Hbond substituents is 1. The molecule has 0 aliphatic heterocycles. The van der Waals surface area contributed by atoms with E-state index in [4.69, 9.17) is 21.1 Å². The molecule has 2 aromatic carbocycles. The van der Waals surface area contributed by atoms with Crippen molar-refractivity contribution in [2.45, 2.75) is 0 Å². The maximum atomic E-state index is 10.8. The van der Waals surface area contributed by atoms with E-state index in [0.29, 0.717) is 34.2 Å². The zero-order valence-electron chi connectivity index (χ0n) is 11.9. The molecule has 0 fully saturated rings. The van der Waals surface area contributed by atoms with Gasteiger partial charge in [-0.2, -0.15) is 5.11 Å². The molecule has 2 rings (SSSR count). The molecule has 0 atom stereocenters. The molecule has 0 heterocycles. The summed E-state index contributed by atoms with van der Waals surface area (Å²) in [7, 11) is 2.98. The first-order valence-corrected chi connectivity index (χ1v) is 6.58. The van der Waals surface area contributed by atoms with Crippen LogP contribution in [0.2, 0.25) is 5.02 Å². The number of hydrogen-bond acceptors (Lipinski definition) is 6. The average molecular weight is 321 g/mol. The van der Waals surface area contributed by atoms with E-state index in [1.165, 1.54) is 32.4 Å². The smallest absolute Gasteiger partial charge is 0.153 e. The zero-order valence-corrected chi connectivity index (χ0v) is 12.7. The van der Waals surface area contributed by atoms with Gasteiger partial charge >= 0.3 is 0 Å². The number of carbonyl (C=O) groups excluding carboxylic acids is 1. The first kappa shape index (κ1) is 15.8. The van der Waals surface area contributed by atoms with Crippen LogP contribution >= 0.6 is 11.6 Å². The second-order valence-electron chi connectivity index (χ2n) is 4.22. The van der Waals surface area contributed by atoms with Gasteiger partial charge in [0.2, 0.25) is 0 Å². The third-order valence-corrected chi connectivity index (χ3v) is 3.16. The van der Waals surface area contributed by atoms with Gasteiger partial charge in [0, 0.05) is 12.1 Å². The minimum atomic E-state index is -0.111. The Morgan fingerprint density at radius 1 is 1.09 bits per heavy atom. The molecule has 0 saturated heterocycles. The Hall–Kier alpha value is -2.60. The molecule has 7 heteroatoms. The predicted octanol–water partition coefficient (Wildman–Crippen LogP) is 4.29. The normalized spacial score (nSPS) is 10.7. The molecule has 0 unspecified atom stereocenters. The number of nitrogens with zero attached hydrogens (tertiary/aromatic N) is 2. The molecule has 0 saturated carbocycles. The molecule has 22 heavy (non-hydrogen) atoms. The third kappa shape index (κ3) is 3.35. The molecule has 0 spiro atoms. The highest BCUT2D eigenvalue weighted by Crippen LogP contribution is 2.38. The fourth-order valence-electron chi connectivity index (χ4n) is 1.73. The quantitative estimate of drug-likeness (QED) is 0.658. The van der Waals surface area contributed by atoms with Crippen LogP contribution in [0.3, 0.4) is 0 Å². The molecule has 0 aliphatic carbocycles. The Balaban J connectivity index is 2.39. The van der Waals surface area contributed by atoms with Gasteiger partial charge in [-0.15, -0.1) is 5.11 Å². The topological polar surface area (TPSA) is 80.5 Å². The van der Waals surface area contributed by atoms with E-state index >= 15 is 0 Å². The van der Waals surface area contributed by atoms with E-state index in [1.807, 2.05) is 0 Å².